The van der Waals surface area contributed by atoms with Crippen LogP contribution in [0.2, 0.25) is 0 Å². The maximum absolute atomic E-state index is 12.1. The molecule has 0 bridgehead atoms. The Balaban J connectivity index is 1.92. The minimum atomic E-state index is -0.0866. The van der Waals surface area contributed by atoms with Crippen LogP contribution in [-0.2, 0) is 13.0 Å². The Labute approximate surface area is 102 Å². The molecule has 3 aromatic heterocycles. The number of aryl methyl sites for hydroxylation is 2. The van der Waals surface area contributed by atoms with Crippen molar-refractivity contribution in [2.75, 3.05) is 5.73 Å². The number of furan rings is 1. The van der Waals surface area contributed by atoms with Crippen LogP contribution >= 0.6 is 0 Å². The third-order valence-corrected chi connectivity index (χ3v) is 2.86. The third-order valence-electron chi connectivity index (χ3n) is 2.86. The highest BCUT2D eigenvalue weighted by molar-refractivity contribution is 5.78. The lowest BCUT2D eigenvalue weighted by molar-refractivity contribution is 0.560. The number of nitrogen functional groups attached to an aromatic ring is 1. The molecule has 0 spiro atoms. The summed E-state index contributed by atoms with van der Waals surface area (Å²) in [5.74, 6) is 0.446. The van der Waals surface area contributed by atoms with Crippen molar-refractivity contribution >= 4 is 16.9 Å². The monoisotopic (exact) mass is 244 g/mol. The Bertz CT molecular complexity index is 724. The van der Waals surface area contributed by atoms with Crippen molar-refractivity contribution in [1.82, 2.24) is 14.5 Å². The van der Waals surface area contributed by atoms with Crippen molar-refractivity contribution in [2.45, 2.75) is 13.0 Å². The number of aromatic amines is 1. The molecule has 3 heterocycles. The van der Waals surface area contributed by atoms with Crippen LogP contribution in [0.15, 0.2) is 40.2 Å². The molecule has 92 valence electrons. The first-order valence-corrected chi connectivity index (χ1v) is 5.59. The van der Waals surface area contributed by atoms with E-state index in [1.54, 1.807) is 23.2 Å². The quantitative estimate of drug-likeness (QED) is 0.723. The molecule has 0 radical (unpaired) electrons. The van der Waals surface area contributed by atoms with Crippen LogP contribution in [0.25, 0.3) is 11.0 Å². The van der Waals surface area contributed by atoms with Crippen LogP contribution in [0.1, 0.15) is 5.56 Å². The zero-order chi connectivity index (χ0) is 12.5. The van der Waals surface area contributed by atoms with Gasteiger partial charge in [-0.05, 0) is 24.1 Å². The average Bonchev–Trinajstić information content (AvgIpc) is 2.97. The van der Waals surface area contributed by atoms with Gasteiger partial charge in [0.15, 0.2) is 0 Å². The molecule has 3 aromatic rings. The fourth-order valence-electron chi connectivity index (χ4n) is 1.91. The standard InChI is InChI=1S/C12H12N4O2/c13-10-5-9-11(15-10)14-7-16(12(9)17)3-1-8-2-4-18-6-8/h2,4-7,15H,1,3,13H2. The molecule has 6 nitrogen and oxygen atoms in total. The van der Waals surface area contributed by atoms with Crippen LogP contribution in [0.3, 0.4) is 0 Å². The summed E-state index contributed by atoms with van der Waals surface area (Å²) in [6.07, 6.45) is 5.54. The van der Waals surface area contributed by atoms with Gasteiger partial charge >= 0.3 is 0 Å². The van der Waals surface area contributed by atoms with Gasteiger partial charge in [-0.25, -0.2) is 4.98 Å². The summed E-state index contributed by atoms with van der Waals surface area (Å²) in [5, 5.41) is 0.516. The number of hydrogen-bond donors (Lipinski definition) is 2. The van der Waals surface area contributed by atoms with Crippen molar-refractivity contribution in [2.24, 2.45) is 0 Å². The van der Waals surface area contributed by atoms with Crippen LogP contribution in [-0.4, -0.2) is 14.5 Å². The van der Waals surface area contributed by atoms with Gasteiger partial charge in [0.2, 0.25) is 0 Å². The van der Waals surface area contributed by atoms with Gasteiger partial charge < -0.3 is 15.1 Å². The highest BCUT2D eigenvalue weighted by Gasteiger charge is 2.07. The molecule has 0 atom stereocenters. The van der Waals surface area contributed by atoms with E-state index in [9.17, 15) is 4.79 Å². The number of fused-ring (bicyclic) bond motifs is 1. The van der Waals surface area contributed by atoms with Gasteiger partial charge in [-0.1, -0.05) is 0 Å². The van der Waals surface area contributed by atoms with Crippen LogP contribution < -0.4 is 11.3 Å². The molecular weight excluding hydrogens is 232 g/mol. The average molecular weight is 244 g/mol. The van der Waals surface area contributed by atoms with Crippen molar-refractivity contribution in [3.8, 4) is 0 Å². The Morgan fingerprint density at radius 3 is 3.17 bits per heavy atom. The number of hydrogen-bond acceptors (Lipinski definition) is 4. The van der Waals surface area contributed by atoms with E-state index in [4.69, 9.17) is 10.2 Å². The molecule has 0 fully saturated rings. The Hall–Kier alpha value is -2.50. The van der Waals surface area contributed by atoms with Gasteiger partial charge in [-0.15, -0.1) is 0 Å². The Morgan fingerprint density at radius 2 is 2.39 bits per heavy atom. The number of nitrogens with zero attached hydrogens (tertiary/aromatic N) is 2. The van der Waals surface area contributed by atoms with E-state index in [2.05, 4.69) is 9.97 Å². The highest BCUT2D eigenvalue weighted by atomic mass is 16.3. The van der Waals surface area contributed by atoms with Gasteiger partial charge in [0.05, 0.1) is 24.2 Å². The Morgan fingerprint density at radius 1 is 1.50 bits per heavy atom. The molecule has 0 aliphatic heterocycles. The second kappa shape index (κ2) is 4.06. The fraction of sp³-hybridized carbons (Fsp3) is 0.167. The van der Waals surface area contributed by atoms with Gasteiger partial charge in [0, 0.05) is 6.54 Å². The molecule has 0 aliphatic carbocycles. The fourth-order valence-corrected chi connectivity index (χ4v) is 1.91. The summed E-state index contributed by atoms with van der Waals surface area (Å²) < 4.78 is 6.55. The normalized spacial score (nSPS) is 11.1. The van der Waals surface area contributed by atoms with E-state index in [-0.39, 0.29) is 5.56 Å². The number of H-pyrrole nitrogens is 1. The first-order chi connectivity index (χ1) is 8.74. The predicted molar refractivity (Wildman–Crippen MR) is 67.2 cm³/mol. The summed E-state index contributed by atoms with van der Waals surface area (Å²) >= 11 is 0. The van der Waals surface area contributed by atoms with E-state index in [1.165, 1.54) is 6.33 Å². The predicted octanol–water partition coefficient (Wildman–Crippen LogP) is 1.14. The maximum atomic E-state index is 12.1. The topological polar surface area (TPSA) is 89.8 Å². The molecule has 0 unspecified atom stereocenters. The molecule has 0 saturated heterocycles. The van der Waals surface area contributed by atoms with E-state index in [1.807, 2.05) is 6.07 Å². The molecular formula is C12H12N4O2. The second-order valence-electron chi connectivity index (χ2n) is 4.11. The maximum Gasteiger partial charge on any atom is 0.262 e. The Kier molecular flexibility index (Phi) is 2.40. The van der Waals surface area contributed by atoms with Gasteiger partial charge in [0.1, 0.15) is 11.5 Å². The van der Waals surface area contributed by atoms with E-state index >= 15 is 0 Å². The molecule has 3 rings (SSSR count). The zero-order valence-electron chi connectivity index (χ0n) is 9.59. The summed E-state index contributed by atoms with van der Waals surface area (Å²) in [6, 6.07) is 3.49. The van der Waals surface area contributed by atoms with Crippen molar-refractivity contribution in [3.05, 3.63) is 46.9 Å². The molecule has 0 aromatic carbocycles. The molecule has 0 aliphatic rings. The SMILES string of the molecule is Nc1cc2c(=O)n(CCc3ccoc3)cnc2[nH]1. The lowest BCUT2D eigenvalue weighted by atomic mass is 10.2. The summed E-state index contributed by atoms with van der Waals surface area (Å²) in [4.78, 5) is 19.1. The number of anilines is 1. The van der Waals surface area contributed by atoms with Gasteiger partial charge in [-0.3, -0.25) is 9.36 Å². The van der Waals surface area contributed by atoms with E-state index in [0.29, 0.717) is 23.4 Å². The van der Waals surface area contributed by atoms with Crippen molar-refractivity contribution in [3.63, 3.8) is 0 Å². The van der Waals surface area contributed by atoms with Crippen molar-refractivity contribution < 1.29 is 4.42 Å². The van der Waals surface area contributed by atoms with Gasteiger partial charge in [0.25, 0.3) is 5.56 Å². The lowest BCUT2D eigenvalue weighted by Crippen LogP contribution is -2.21. The van der Waals surface area contributed by atoms with E-state index in [0.717, 1.165) is 12.0 Å². The zero-order valence-corrected chi connectivity index (χ0v) is 9.59. The number of nitrogens with one attached hydrogen (secondary N) is 1. The summed E-state index contributed by atoms with van der Waals surface area (Å²) in [6.45, 7) is 0.562. The van der Waals surface area contributed by atoms with E-state index < -0.39 is 0 Å². The first-order valence-electron chi connectivity index (χ1n) is 5.59. The molecule has 0 saturated carbocycles. The number of nitrogens with two attached hydrogens (primary N) is 1. The van der Waals surface area contributed by atoms with Crippen LogP contribution in [0.4, 0.5) is 5.82 Å². The smallest absolute Gasteiger partial charge is 0.262 e. The largest absolute Gasteiger partial charge is 0.472 e. The first kappa shape index (κ1) is 10.6. The minimum absolute atomic E-state index is 0.0866. The summed E-state index contributed by atoms with van der Waals surface area (Å²) in [5.41, 5.74) is 7.09. The lowest BCUT2D eigenvalue weighted by Gasteiger charge is -2.03. The molecule has 0 amide bonds. The summed E-state index contributed by atoms with van der Waals surface area (Å²) in [7, 11) is 0. The molecule has 6 heteroatoms. The van der Waals surface area contributed by atoms with Gasteiger partial charge in [-0.2, -0.15) is 0 Å². The number of rotatable bonds is 3. The van der Waals surface area contributed by atoms with Crippen molar-refractivity contribution in [1.29, 1.82) is 0 Å². The molecule has 18 heavy (non-hydrogen) atoms. The second-order valence-corrected chi connectivity index (χ2v) is 4.11. The minimum Gasteiger partial charge on any atom is -0.472 e. The van der Waals surface area contributed by atoms with Crippen LogP contribution in [0.5, 0.6) is 0 Å². The third kappa shape index (κ3) is 1.77. The molecule has 3 N–H and O–H groups in total. The van der Waals surface area contributed by atoms with Crippen LogP contribution in [0, 0.1) is 0 Å². The highest BCUT2D eigenvalue weighted by Crippen LogP contribution is 2.09. The number of aromatic nitrogens is 3.